The minimum Gasteiger partial charge on any atom is -0.465 e. The van der Waals surface area contributed by atoms with E-state index < -0.39 is 0 Å². The first-order chi connectivity index (χ1) is 11.9. The predicted octanol–water partition coefficient (Wildman–Crippen LogP) is 2.27. The highest BCUT2D eigenvalue weighted by Crippen LogP contribution is 2.43. The first kappa shape index (κ1) is 16.4. The van der Waals surface area contributed by atoms with Gasteiger partial charge in [0.05, 0.1) is 12.7 Å². The van der Waals surface area contributed by atoms with Gasteiger partial charge in [0.15, 0.2) is 0 Å². The lowest BCUT2D eigenvalue weighted by molar-refractivity contribution is -0.120. The largest absolute Gasteiger partial charge is 0.465 e. The van der Waals surface area contributed by atoms with Gasteiger partial charge in [0.2, 0.25) is 5.91 Å². The fraction of sp³-hybridized carbons (Fsp3) is 0.579. The van der Waals surface area contributed by atoms with Gasteiger partial charge >= 0.3 is 0 Å². The van der Waals surface area contributed by atoms with Crippen LogP contribution < -0.4 is 5.32 Å². The molecule has 2 aliphatic heterocycles. The Morgan fingerprint density at radius 2 is 2.12 bits per heavy atom. The summed E-state index contributed by atoms with van der Waals surface area (Å²) in [7, 11) is 1.93. The number of likely N-dealkylation sites (tertiary alicyclic amines) is 1. The summed E-state index contributed by atoms with van der Waals surface area (Å²) in [6.45, 7) is 6.87. The predicted molar refractivity (Wildman–Crippen MR) is 94.1 cm³/mol. The van der Waals surface area contributed by atoms with Gasteiger partial charge in [-0.05, 0) is 43.9 Å². The molecule has 1 spiro atoms. The van der Waals surface area contributed by atoms with E-state index >= 15 is 0 Å². The van der Waals surface area contributed by atoms with Crippen molar-refractivity contribution in [2.24, 2.45) is 7.05 Å². The summed E-state index contributed by atoms with van der Waals surface area (Å²) >= 11 is 0. The third kappa shape index (κ3) is 2.99. The zero-order valence-corrected chi connectivity index (χ0v) is 15.2. The van der Waals surface area contributed by atoms with Crippen LogP contribution in [0, 0.1) is 13.8 Å². The molecule has 4 heterocycles. The van der Waals surface area contributed by atoms with Crippen LogP contribution in [0.4, 0.5) is 0 Å². The van der Waals surface area contributed by atoms with Gasteiger partial charge in [-0.25, -0.2) is 0 Å². The minimum atomic E-state index is -0.119. The molecule has 2 aliphatic rings. The standard InChI is InChI=1S/C19H26N4O2/c1-13-8-16(25-14(13)2)12-23-6-4-19(5-7-23)17(9-18(24)21-19)15-10-20-22(3)11-15/h8,10-11,17H,4-7,9,12H2,1-3H3,(H,21,24). The quantitative estimate of drug-likeness (QED) is 0.929. The SMILES string of the molecule is Cc1cc(CN2CCC3(CC2)NC(=O)CC3c2cnn(C)c2)oc1C. The number of carbonyl (C=O) groups is 1. The molecular formula is C19H26N4O2. The molecule has 134 valence electrons. The second-order valence-corrected chi connectivity index (χ2v) is 7.64. The van der Waals surface area contributed by atoms with Crippen LogP contribution in [0.3, 0.4) is 0 Å². The maximum Gasteiger partial charge on any atom is 0.221 e. The van der Waals surface area contributed by atoms with Crippen molar-refractivity contribution in [3.8, 4) is 0 Å². The van der Waals surface area contributed by atoms with Gasteiger partial charge in [-0.3, -0.25) is 14.4 Å². The maximum absolute atomic E-state index is 12.2. The monoisotopic (exact) mass is 342 g/mol. The van der Waals surface area contributed by atoms with Gasteiger partial charge in [-0.15, -0.1) is 0 Å². The van der Waals surface area contributed by atoms with Crippen molar-refractivity contribution in [1.29, 1.82) is 0 Å². The number of piperidine rings is 1. The number of hydrogen-bond donors (Lipinski definition) is 1. The molecule has 2 saturated heterocycles. The first-order valence-electron chi connectivity index (χ1n) is 9.03. The summed E-state index contributed by atoms with van der Waals surface area (Å²) in [6.07, 6.45) is 6.47. The number of hydrogen-bond acceptors (Lipinski definition) is 4. The van der Waals surface area contributed by atoms with E-state index in [-0.39, 0.29) is 17.4 Å². The highest BCUT2D eigenvalue weighted by Gasteiger charge is 2.49. The molecule has 0 saturated carbocycles. The summed E-state index contributed by atoms with van der Waals surface area (Å²) in [6, 6.07) is 2.13. The van der Waals surface area contributed by atoms with Crippen molar-refractivity contribution in [3.05, 3.63) is 41.1 Å². The number of rotatable bonds is 3. The summed E-state index contributed by atoms with van der Waals surface area (Å²) in [5.74, 6) is 2.43. The van der Waals surface area contributed by atoms with Crippen LogP contribution in [-0.4, -0.2) is 39.2 Å². The number of aromatic nitrogens is 2. The van der Waals surface area contributed by atoms with E-state index in [1.165, 1.54) is 11.1 Å². The fourth-order valence-electron chi connectivity index (χ4n) is 4.39. The number of carbonyl (C=O) groups excluding carboxylic acids is 1. The zero-order valence-electron chi connectivity index (χ0n) is 15.2. The first-order valence-corrected chi connectivity index (χ1v) is 9.03. The Morgan fingerprint density at radius 3 is 2.72 bits per heavy atom. The lowest BCUT2D eigenvalue weighted by atomic mass is 9.75. The molecule has 2 aromatic rings. The molecule has 0 aromatic carbocycles. The van der Waals surface area contributed by atoms with E-state index in [0.717, 1.165) is 44.0 Å². The molecule has 0 aliphatic carbocycles. The molecule has 0 bridgehead atoms. The Kier molecular flexibility index (Phi) is 3.95. The van der Waals surface area contributed by atoms with E-state index in [4.69, 9.17) is 4.42 Å². The van der Waals surface area contributed by atoms with E-state index in [1.54, 1.807) is 0 Å². The zero-order chi connectivity index (χ0) is 17.6. The van der Waals surface area contributed by atoms with Crippen molar-refractivity contribution < 1.29 is 9.21 Å². The van der Waals surface area contributed by atoms with E-state index in [1.807, 2.05) is 31.0 Å². The fourth-order valence-corrected chi connectivity index (χ4v) is 4.39. The van der Waals surface area contributed by atoms with Crippen LogP contribution in [0.25, 0.3) is 0 Å². The molecule has 1 unspecified atom stereocenters. The Hall–Kier alpha value is -2.08. The lowest BCUT2D eigenvalue weighted by Gasteiger charge is -2.42. The van der Waals surface area contributed by atoms with Crippen LogP contribution in [0.5, 0.6) is 0 Å². The number of amides is 1. The number of nitrogens with zero attached hydrogens (tertiary/aromatic N) is 3. The van der Waals surface area contributed by atoms with Gasteiger partial charge in [-0.1, -0.05) is 0 Å². The average molecular weight is 342 g/mol. The molecule has 1 amide bonds. The molecular weight excluding hydrogens is 316 g/mol. The molecule has 0 radical (unpaired) electrons. The molecule has 1 atom stereocenters. The topological polar surface area (TPSA) is 63.3 Å². The van der Waals surface area contributed by atoms with Crippen molar-refractivity contribution in [1.82, 2.24) is 20.0 Å². The van der Waals surface area contributed by atoms with E-state index in [2.05, 4.69) is 28.3 Å². The molecule has 2 fully saturated rings. The second-order valence-electron chi connectivity index (χ2n) is 7.64. The van der Waals surface area contributed by atoms with Gasteiger partial charge in [-0.2, -0.15) is 5.10 Å². The highest BCUT2D eigenvalue weighted by molar-refractivity contribution is 5.81. The Bertz CT molecular complexity index is 764. The lowest BCUT2D eigenvalue weighted by Crippen LogP contribution is -2.53. The van der Waals surface area contributed by atoms with Gasteiger partial charge in [0.25, 0.3) is 0 Å². The van der Waals surface area contributed by atoms with Crippen LogP contribution >= 0.6 is 0 Å². The van der Waals surface area contributed by atoms with Crippen LogP contribution in [0.1, 0.15) is 47.8 Å². The molecule has 1 N–H and O–H groups in total. The van der Waals surface area contributed by atoms with Crippen molar-refractivity contribution in [3.63, 3.8) is 0 Å². The van der Waals surface area contributed by atoms with Gasteiger partial charge < -0.3 is 9.73 Å². The molecule has 4 rings (SSSR count). The van der Waals surface area contributed by atoms with Gasteiger partial charge in [0, 0.05) is 44.2 Å². The molecule has 6 heteroatoms. The van der Waals surface area contributed by atoms with Crippen LogP contribution in [-0.2, 0) is 18.4 Å². The Balaban J connectivity index is 1.46. The summed E-state index contributed by atoms with van der Waals surface area (Å²) in [5, 5.41) is 7.60. The summed E-state index contributed by atoms with van der Waals surface area (Å²) in [4.78, 5) is 14.6. The number of aryl methyl sites for hydroxylation is 3. The van der Waals surface area contributed by atoms with E-state index in [0.29, 0.717) is 6.42 Å². The smallest absolute Gasteiger partial charge is 0.221 e. The third-order valence-corrected chi connectivity index (χ3v) is 5.92. The number of nitrogens with one attached hydrogen (secondary N) is 1. The highest BCUT2D eigenvalue weighted by atomic mass is 16.3. The second kappa shape index (κ2) is 6.02. The normalized spacial score (nSPS) is 23.3. The summed E-state index contributed by atoms with van der Waals surface area (Å²) in [5.41, 5.74) is 2.26. The van der Waals surface area contributed by atoms with E-state index in [9.17, 15) is 4.79 Å². The van der Waals surface area contributed by atoms with Crippen molar-refractivity contribution >= 4 is 5.91 Å². The molecule has 2 aromatic heterocycles. The molecule has 6 nitrogen and oxygen atoms in total. The maximum atomic E-state index is 12.2. The minimum absolute atomic E-state index is 0.119. The van der Waals surface area contributed by atoms with Crippen molar-refractivity contribution in [2.75, 3.05) is 13.1 Å². The molecule has 25 heavy (non-hydrogen) atoms. The third-order valence-electron chi connectivity index (χ3n) is 5.92. The van der Waals surface area contributed by atoms with Crippen LogP contribution in [0.15, 0.2) is 22.9 Å². The Labute approximate surface area is 148 Å². The number of furan rings is 1. The summed E-state index contributed by atoms with van der Waals surface area (Å²) < 4.78 is 7.64. The van der Waals surface area contributed by atoms with Crippen LogP contribution in [0.2, 0.25) is 0 Å². The average Bonchev–Trinajstić information content (AvgIpc) is 3.21. The Morgan fingerprint density at radius 1 is 1.36 bits per heavy atom. The van der Waals surface area contributed by atoms with Crippen molar-refractivity contribution in [2.45, 2.75) is 51.1 Å². The van der Waals surface area contributed by atoms with Gasteiger partial charge in [0.1, 0.15) is 11.5 Å².